The first kappa shape index (κ1) is 13.9. The molecule has 0 radical (unpaired) electrons. The Morgan fingerprint density at radius 2 is 1.90 bits per heavy atom. The molecule has 1 aromatic carbocycles. The fourth-order valence-electron chi connectivity index (χ4n) is 2.99. The van der Waals surface area contributed by atoms with Crippen molar-refractivity contribution in [1.29, 1.82) is 0 Å². The molecule has 4 nitrogen and oxygen atoms in total. The van der Waals surface area contributed by atoms with Crippen LogP contribution in [0.5, 0.6) is 5.75 Å². The van der Waals surface area contributed by atoms with Gasteiger partial charge in [-0.1, -0.05) is 24.3 Å². The lowest BCUT2D eigenvalue weighted by atomic mass is 9.95. The van der Waals surface area contributed by atoms with E-state index < -0.39 is 12.2 Å². The Balaban J connectivity index is 2.29. The van der Waals surface area contributed by atoms with Gasteiger partial charge in [0.2, 0.25) is 0 Å². The van der Waals surface area contributed by atoms with Crippen molar-refractivity contribution in [2.24, 2.45) is 0 Å². The molecule has 4 heteroatoms. The van der Waals surface area contributed by atoms with Crippen LogP contribution in [0, 0.1) is 0 Å². The van der Waals surface area contributed by atoms with Gasteiger partial charge in [0.25, 0.3) is 0 Å². The summed E-state index contributed by atoms with van der Waals surface area (Å²) in [5.74, 6) is 1.19. The summed E-state index contributed by atoms with van der Waals surface area (Å²) in [5.41, 5.74) is 2.85. The first-order chi connectivity index (χ1) is 10.2. The van der Waals surface area contributed by atoms with Crippen LogP contribution in [0.4, 0.5) is 0 Å². The van der Waals surface area contributed by atoms with Crippen LogP contribution in [0.15, 0.2) is 53.3 Å². The largest absolute Gasteiger partial charge is 0.497 e. The molecule has 1 aromatic rings. The Morgan fingerprint density at radius 3 is 2.62 bits per heavy atom. The molecule has 0 fully saturated rings. The topological polar surface area (TPSA) is 58.9 Å². The molecule has 2 aliphatic carbocycles. The Morgan fingerprint density at radius 1 is 1.10 bits per heavy atom. The fraction of sp³-hybridized carbons (Fsp3) is 0.294. The van der Waals surface area contributed by atoms with Gasteiger partial charge in [0.15, 0.2) is 0 Å². The molecule has 0 saturated heterocycles. The van der Waals surface area contributed by atoms with Gasteiger partial charge in [-0.05, 0) is 29.7 Å². The molecule has 0 spiro atoms. The summed E-state index contributed by atoms with van der Waals surface area (Å²) in [4.78, 5) is 0. The summed E-state index contributed by atoms with van der Waals surface area (Å²) in [5, 5.41) is 21.5. The third-order valence-corrected chi connectivity index (χ3v) is 4.06. The van der Waals surface area contributed by atoms with E-state index in [9.17, 15) is 10.2 Å². The normalized spacial score (nSPS) is 23.9. The molecule has 2 N–H and O–H groups in total. The second-order valence-electron chi connectivity index (χ2n) is 5.14. The van der Waals surface area contributed by atoms with Gasteiger partial charge in [-0.25, -0.2) is 0 Å². The highest BCUT2D eigenvalue weighted by Gasteiger charge is 2.33. The van der Waals surface area contributed by atoms with E-state index >= 15 is 0 Å². The summed E-state index contributed by atoms with van der Waals surface area (Å²) >= 11 is 0. The zero-order chi connectivity index (χ0) is 15.0. The van der Waals surface area contributed by atoms with Crippen LogP contribution in [0.3, 0.4) is 0 Å². The lowest BCUT2D eigenvalue weighted by Crippen LogP contribution is -2.08. The maximum Gasteiger partial charge on any atom is 0.125 e. The monoisotopic (exact) mass is 286 g/mol. The maximum atomic E-state index is 10.8. The highest BCUT2D eigenvalue weighted by Crippen LogP contribution is 2.46. The number of fused-ring (bicyclic) bond motifs is 3. The predicted octanol–water partition coefficient (Wildman–Crippen LogP) is 2.56. The number of hydrogen-bond acceptors (Lipinski definition) is 4. The van der Waals surface area contributed by atoms with Crippen molar-refractivity contribution in [3.05, 3.63) is 64.5 Å². The van der Waals surface area contributed by atoms with E-state index in [1.54, 1.807) is 26.4 Å². The van der Waals surface area contributed by atoms with Crippen molar-refractivity contribution in [3.8, 4) is 5.75 Å². The predicted molar refractivity (Wildman–Crippen MR) is 78.8 cm³/mol. The van der Waals surface area contributed by atoms with Crippen LogP contribution in [0.1, 0.15) is 29.8 Å². The van der Waals surface area contributed by atoms with Crippen LogP contribution < -0.4 is 4.74 Å². The summed E-state index contributed by atoms with van der Waals surface area (Å²) < 4.78 is 10.7. The molecule has 0 aliphatic heterocycles. The van der Waals surface area contributed by atoms with Crippen molar-refractivity contribution in [2.75, 3.05) is 14.2 Å². The zero-order valence-electron chi connectivity index (χ0n) is 12.0. The summed E-state index contributed by atoms with van der Waals surface area (Å²) in [6.45, 7) is 0. The Labute approximate surface area is 123 Å². The molecule has 110 valence electrons. The van der Waals surface area contributed by atoms with Crippen molar-refractivity contribution in [1.82, 2.24) is 0 Å². The first-order valence-electron chi connectivity index (χ1n) is 6.84. The number of hydrogen-bond donors (Lipinski definition) is 2. The average Bonchev–Trinajstić information content (AvgIpc) is 2.79. The Kier molecular flexibility index (Phi) is 3.57. The number of aliphatic hydroxyl groups is 2. The van der Waals surface area contributed by atoms with E-state index in [-0.39, 0.29) is 0 Å². The van der Waals surface area contributed by atoms with Crippen LogP contribution in [0.25, 0.3) is 0 Å². The smallest absolute Gasteiger partial charge is 0.125 e. The Bertz CT molecular complexity index is 655. The third kappa shape index (κ3) is 2.17. The molecule has 0 amide bonds. The number of allylic oxidation sites excluding steroid dienone is 3. The first-order valence-corrected chi connectivity index (χ1v) is 6.84. The van der Waals surface area contributed by atoms with Gasteiger partial charge in [0.1, 0.15) is 23.7 Å². The summed E-state index contributed by atoms with van der Waals surface area (Å²) in [7, 11) is 3.14. The number of ether oxygens (including phenoxy) is 2. The summed E-state index contributed by atoms with van der Waals surface area (Å²) in [6, 6.07) is 5.42. The lowest BCUT2D eigenvalue weighted by molar-refractivity contribution is 0.192. The molecular weight excluding hydrogens is 268 g/mol. The molecule has 0 aromatic heterocycles. The van der Waals surface area contributed by atoms with E-state index in [4.69, 9.17) is 9.47 Å². The van der Waals surface area contributed by atoms with Gasteiger partial charge in [-0.15, -0.1) is 0 Å². The quantitative estimate of drug-likeness (QED) is 0.877. The van der Waals surface area contributed by atoms with E-state index in [2.05, 4.69) is 0 Å². The summed E-state index contributed by atoms with van der Waals surface area (Å²) in [6.07, 6.45) is 4.35. The molecule has 0 heterocycles. The van der Waals surface area contributed by atoms with Gasteiger partial charge in [-0.2, -0.15) is 0 Å². The molecule has 2 aliphatic rings. The highest BCUT2D eigenvalue weighted by atomic mass is 16.5. The van der Waals surface area contributed by atoms with E-state index in [1.165, 1.54) is 0 Å². The molecular formula is C17H18O4. The van der Waals surface area contributed by atoms with Gasteiger partial charge in [0, 0.05) is 11.1 Å². The minimum atomic E-state index is -0.866. The van der Waals surface area contributed by atoms with Crippen LogP contribution in [-0.4, -0.2) is 24.4 Å². The van der Waals surface area contributed by atoms with E-state index in [0.717, 1.165) is 11.1 Å². The molecule has 2 bridgehead atoms. The molecule has 2 unspecified atom stereocenters. The van der Waals surface area contributed by atoms with Crippen molar-refractivity contribution < 1.29 is 19.7 Å². The third-order valence-electron chi connectivity index (χ3n) is 4.06. The van der Waals surface area contributed by atoms with Crippen LogP contribution in [0.2, 0.25) is 0 Å². The zero-order valence-corrected chi connectivity index (χ0v) is 12.0. The van der Waals surface area contributed by atoms with Gasteiger partial charge >= 0.3 is 0 Å². The number of rotatable bonds is 2. The van der Waals surface area contributed by atoms with Crippen LogP contribution in [-0.2, 0) is 4.74 Å². The number of benzene rings is 1. The standard InChI is InChI=1S/C17H18O4/c1-20-13-7-3-5-10-9-12(13)17(19)15-11(16(10)18)6-4-8-14(15)21-2/h3-8,16-19H,9H2,1-2H3. The number of aliphatic hydroxyl groups excluding tert-OH is 2. The van der Waals surface area contributed by atoms with Gasteiger partial charge < -0.3 is 19.7 Å². The highest BCUT2D eigenvalue weighted by molar-refractivity contribution is 5.53. The second kappa shape index (κ2) is 5.39. The molecule has 3 rings (SSSR count). The SMILES string of the molecule is COC1=C2CC(=CC=C1)C(O)c1cccc(OC)c1C2O. The van der Waals surface area contributed by atoms with Crippen LogP contribution >= 0.6 is 0 Å². The second-order valence-corrected chi connectivity index (χ2v) is 5.14. The molecule has 21 heavy (non-hydrogen) atoms. The molecule has 0 saturated carbocycles. The average molecular weight is 286 g/mol. The number of methoxy groups -OCH3 is 2. The van der Waals surface area contributed by atoms with Crippen molar-refractivity contribution >= 4 is 0 Å². The van der Waals surface area contributed by atoms with Crippen molar-refractivity contribution in [3.63, 3.8) is 0 Å². The van der Waals surface area contributed by atoms with Crippen molar-refractivity contribution in [2.45, 2.75) is 18.6 Å². The van der Waals surface area contributed by atoms with Gasteiger partial charge in [-0.3, -0.25) is 0 Å². The Hall–Kier alpha value is -2.04. The fourth-order valence-corrected chi connectivity index (χ4v) is 2.99. The lowest BCUT2D eigenvalue weighted by Gasteiger charge is -2.20. The molecule has 2 atom stereocenters. The van der Waals surface area contributed by atoms with E-state index in [0.29, 0.717) is 29.1 Å². The van der Waals surface area contributed by atoms with Gasteiger partial charge in [0.05, 0.1) is 14.2 Å². The maximum absolute atomic E-state index is 10.8. The van der Waals surface area contributed by atoms with E-state index in [1.807, 2.05) is 24.3 Å². The minimum Gasteiger partial charge on any atom is -0.497 e. The minimum absolute atomic E-state index is 0.469.